The largest absolute Gasteiger partial charge is 0.494 e. The molecule has 0 atom stereocenters. The molecule has 4 N–H and O–H groups in total. The first-order chi connectivity index (χ1) is 7.33. The number of benzene rings is 1. The molecule has 0 bridgehead atoms. The maximum absolute atomic E-state index is 5.51. The summed E-state index contributed by atoms with van der Waals surface area (Å²) in [5, 5.41) is 0. The Kier molecular flexibility index (Phi) is 5.63. The molecule has 0 amide bonds. The van der Waals surface area contributed by atoms with Gasteiger partial charge >= 0.3 is 0 Å². The van der Waals surface area contributed by atoms with Gasteiger partial charge in [0.25, 0.3) is 0 Å². The van der Waals surface area contributed by atoms with E-state index in [-0.39, 0.29) is 0 Å². The second-order valence-electron chi connectivity index (χ2n) is 3.62. The normalized spacial score (nSPS) is 12.6. The van der Waals surface area contributed by atoms with Crippen LogP contribution in [-0.4, -0.2) is 13.2 Å². The zero-order valence-electron chi connectivity index (χ0n) is 9.11. The van der Waals surface area contributed by atoms with E-state index >= 15 is 0 Å². The van der Waals surface area contributed by atoms with Crippen molar-refractivity contribution in [3.63, 3.8) is 0 Å². The van der Waals surface area contributed by atoms with E-state index in [0.717, 1.165) is 17.9 Å². The zero-order valence-corrected chi connectivity index (χ0v) is 9.11. The quantitative estimate of drug-likeness (QED) is 0.589. The van der Waals surface area contributed by atoms with Gasteiger partial charge in [0.2, 0.25) is 0 Å². The first-order valence-corrected chi connectivity index (χ1v) is 5.51. The Balaban J connectivity index is 0.000000319. The molecule has 15 heavy (non-hydrogen) atoms. The van der Waals surface area contributed by atoms with Gasteiger partial charge in [0.15, 0.2) is 0 Å². The third kappa shape index (κ3) is 6.80. The summed E-state index contributed by atoms with van der Waals surface area (Å²) < 4.78 is 5.37. The molecule has 0 spiro atoms. The van der Waals surface area contributed by atoms with Crippen molar-refractivity contribution in [1.29, 1.82) is 0 Å². The number of hydrogen-bond donors (Lipinski definition) is 2. The lowest BCUT2D eigenvalue weighted by Crippen LogP contribution is -2.05. The number of nitrogen functional groups attached to an aromatic ring is 1. The van der Waals surface area contributed by atoms with E-state index in [1.807, 2.05) is 24.3 Å². The Morgan fingerprint density at radius 1 is 1.07 bits per heavy atom. The van der Waals surface area contributed by atoms with Gasteiger partial charge in [0.1, 0.15) is 5.75 Å². The highest BCUT2D eigenvalue weighted by Crippen LogP contribution is 2.15. The molecule has 3 heteroatoms. The summed E-state index contributed by atoms with van der Waals surface area (Å²) in [6.45, 7) is 1.33. The molecule has 2 rings (SSSR count). The summed E-state index contributed by atoms with van der Waals surface area (Å²) in [5.41, 5.74) is 11.6. The zero-order chi connectivity index (χ0) is 10.9. The van der Waals surface area contributed by atoms with E-state index in [1.165, 1.54) is 19.3 Å². The fourth-order valence-electron chi connectivity index (χ4n) is 0.837. The van der Waals surface area contributed by atoms with Crippen LogP contribution in [0.15, 0.2) is 24.3 Å². The molecule has 0 unspecified atom stereocenters. The first kappa shape index (κ1) is 11.9. The van der Waals surface area contributed by atoms with Crippen molar-refractivity contribution < 1.29 is 4.74 Å². The van der Waals surface area contributed by atoms with Crippen molar-refractivity contribution in [2.45, 2.75) is 25.7 Å². The lowest BCUT2D eigenvalue weighted by molar-refractivity contribution is 0.313. The van der Waals surface area contributed by atoms with Crippen LogP contribution in [0.5, 0.6) is 5.75 Å². The van der Waals surface area contributed by atoms with Crippen LogP contribution in [0.2, 0.25) is 0 Å². The second-order valence-corrected chi connectivity index (χ2v) is 3.62. The Morgan fingerprint density at radius 3 is 2.13 bits per heavy atom. The maximum Gasteiger partial charge on any atom is 0.119 e. The topological polar surface area (TPSA) is 61.3 Å². The molecular weight excluding hydrogens is 188 g/mol. The molecule has 1 fully saturated rings. The van der Waals surface area contributed by atoms with E-state index in [1.54, 1.807) is 0 Å². The average Bonchev–Trinajstić information content (AvgIpc) is 3.08. The molecule has 0 aliphatic heterocycles. The molecule has 1 aliphatic carbocycles. The molecule has 0 radical (unpaired) electrons. The summed E-state index contributed by atoms with van der Waals surface area (Å²) >= 11 is 0. The van der Waals surface area contributed by atoms with Crippen LogP contribution in [0.25, 0.3) is 0 Å². The van der Waals surface area contributed by atoms with E-state index in [9.17, 15) is 0 Å². The SMILES string of the molecule is C1CC1.NCCCOc1ccc(N)cc1. The minimum Gasteiger partial charge on any atom is -0.494 e. The Morgan fingerprint density at radius 2 is 1.67 bits per heavy atom. The standard InChI is InChI=1S/C9H14N2O.C3H6/c10-6-1-7-12-9-4-2-8(11)3-5-9;1-2-3-1/h2-5H,1,6-7,10-11H2;1-3H2. The van der Waals surface area contributed by atoms with Crippen LogP contribution < -0.4 is 16.2 Å². The molecule has 1 aliphatic rings. The number of anilines is 1. The summed E-state index contributed by atoms with van der Waals surface area (Å²) in [6, 6.07) is 7.34. The van der Waals surface area contributed by atoms with Crippen LogP contribution in [0.1, 0.15) is 25.7 Å². The van der Waals surface area contributed by atoms with Gasteiger partial charge in [0.05, 0.1) is 6.61 Å². The predicted octanol–water partition coefficient (Wildman–Crippen LogP) is 2.17. The van der Waals surface area contributed by atoms with E-state index in [0.29, 0.717) is 13.2 Å². The molecule has 1 saturated carbocycles. The van der Waals surface area contributed by atoms with Crippen molar-refractivity contribution >= 4 is 5.69 Å². The second kappa shape index (κ2) is 7.12. The highest BCUT2D eigenvalue weighted by atomic mass is 16.5. The van der Waals surface area contributed by atoms with Crippen molar-refractivity contribution in [1.82, 2.24) is 0 Å². The molecule has 1 aromatic rings. The van der Waals surface area contributed by atoms with Gasteiger partial charge in [-0.3, -0.25) is 0 Å². The average molecular weight is 208 g/mol. The van der Waals surface area contributed by atoms with Gasteiger partial charge in [-0.1, -0.05) is 19.3 Å². The third-order valence-corrected chi connectivity index (χ3v) is 1.85. The Bertz CT molecular complexity index is 254. The van der Waals surface area contributed by atoms with E-state index in [4.69, 9.17) is 16.2 Å². The molecule has 0 heterocycles. The van der Waals surface area contributed by atoms with Gasteiger partial charge in [-0.15, -0.1) is 0 Å². The molecule has 3 nitrogen and oxygen atoms in total. The van der Waals surface area contributed by atoms with Gasteiger partial charge in [-0.05, 0) is 37.2 Å². The van der Waals surface area contributed by atoms with Crippen LogP contribution >= 0.6 is 0 Å². The van der Waals surface area contributed by atoms with Crippen LogP contribution in [0.3, 0.4) is 0 Å². The Hall–Kier alpha value is -1.22. The van der Waals surface area contributed by atoms with Crippen molar-refractivity contribution in [2.75, 3.05) is 18.9 Å². The maximum atomic E-state index is 5.51. The van der Waals surface area contributed by atoms with Crippen molar-refractivity contribution in [3.8, 4) is 5.75 Å². The minimum atomic E-state index is 0.662. The summed E-state index contributed by atoms with van der Waals surface area (Å²) in [5.74, 6) is 0.845. The van der Waals surface area contributed by atoms with E-state index < -0.39 is 0 Å². The fourth-order valence-corrected chi connectivity index (χ4v) is 0.837. The third-order valence-electron chi connectivity index (χ3n) is 1.85. The molecule has 0 aromatic heterocycles. The molecule has 0 saturated heterocycles. The van der Waals surface area contributed by atoms with Crippen LogP contribution in [-0.2, 0) is 0 Å². The number of rotatable bonds is 4. The van der Waals surface area contributed by atoms with Crippen molar-refractivity contribution in [3.05, 3.63) is 24.3 Å². The monoisotopic (exact) mass is 208 g/mol. The van der Waals surface area contributed by atoms with E-state index in [2.05, 4.69) is 0 Å². The lowest BCUT2D eigenvalue weighted by atomic mass is 10.3. The highest BCUT2D eigenvalue weighted by molar-refractivity contribution is 5.41. The lowest BCUT2D eigenvalue weighted by Gasteiger charge is -2.04. The highest BCUT2D eigenvalue weighted by Gasteiger charge is 1.95. The van der Waals surface area contributed by atoms with Crippen molar-refractivity contribution in [2.24, 2.45) is 5.73 Å². The van der Waals surface area contributed by atoms with Gasteiger partial charge in [-0.2, -0.15) is 0 Å². The van der Waals surface area contributed by atoms with Crippen LogP contribution in [0.4, 0.5) is 5.69 Å². The fraction of sp³-hybridized carbons (Fsp3) is 0.500. The minimum absolute atomic E-state index is 0.662. The van der Waals surface area contributed by atoms with Gasteiger partial charge in [-0.25, -0.2) is 0 Å². The summed E-state index contributed by atoms with van der Waals surface area (Å²) in [6.07, 6.45) is 5.38. The molecular formula is C12H20N2O. The summed E-state index contributed by atoms with van der Waals surface area (Å²) in [4.78, 5) is 0. The van der Waals surface area contributed by atoms with Crippen LogP contribution in [0, 0.1) is 0 Å². The number of hydrogen-bond acceptors (Lipinski definition) is 3. The van der Waals surface area contributed by atoms with Gasteiger partial charge in [0, 0.05) is 5.69 Å². The predicted molar refractivity (Wildman–Crippen MR) is 63.9 cm³/mol. The number of ether oxygens (including phenoxy) is 1. The number of nitrogens with two attached hydrogens (primary N) is 2. The smallest absolute Gasteiger partial charge is 0.119 e. The Labute approximate surface area is 91.4 Å². The first-order valence-electron chi connectivity index (χ1n) is 5.51. The summed E-state index contributed by atoms with van der Waals surface area (Å²) in [7, 11) is 0. The molecule has 84 valence electrons. The van der Waals surface area contributed by atoms with Gasteiger partial charge < -0.3 is 16.2 Å². The molecule has 1 aromatic carbocycles.